The summed E-state index contributed by atoms with van der Waals surface area (Å²) in [5.74, 6) is -0.387. The molecule has 0 amide bonds. The first-order chi connectivity index (χ1) is 10.6. The predicted octanol–water partition coefficient (Wildman–Crippen LogP) is 2.65. The second-order valence-corrected chi connectivity index (χ2v) is 4.88. The maximum Gasteiger partial charge on any atom is 0.341 e. The van der Waals surface area contributed by atoms with E-state index in [0.717, 1.165) is 22.9 Å². The Labute approximate surface area is 126 Å². The van der Waals surface area contributed by atoms with Crippen LogP contribution in [0, 0.1) is 6.92 Å². The minimum Gasteiger partial charge on any atom is -0.462 e. The Balaban J connectivity index is 2.05. The van der Waals surface area contributed by atoms with Crippen molar-refractivity contribution in [1.29, 1.82) is 0 Å². The maximum absolute atomic E-state index is 11.9. The summed E-state index contributed by atoms with van der Waals surface area (Å²) >= 11 is 0. The van der Waals surface area contributed by atoms with Crippen LogP contribution < -0.4 is 0 Å². The average Bonchev–Trinajstić information content (AvgIpc) is 3.10. The SMILES string of the molecule is CCOC(=O)c1cn(-c2ccc3[nH]cc(C=O)c3c2)nc1C. The molecule has 0 saturated carbocycles. The fraction of sp³-hybridized carbons (Fsp3) is 0.188. The second-order valence-electron chi connectivity index (χ2n) is 4.88. The Morgan fingerprint density at radius 3 is 3.00 bits per heavy atom. The minimum absolute atomic E-state index is 0.321. The molecule has 3 rings (SSSR count). The summed E-state index contributed by atoms with van der Waals surface area (Å²) in [5.41, 5.74) is 3.27. The van der Waals surface area contributed by atoms with Gasteiger partial charge in [0.25, 0.3) is 0 Å². The Bertz CT molecular complexity index is 861. The highest BCUT2D eigenvalue weighted by Crippen LogP contribution is 2.21. The summed E-state index contributed by atoms with van der Waals surface area (Å²) in [4.78, 5) is 25.9. The molecule has 0 aliphatic carbocycles. The van der Waals surface area contributed by atoms with Gasteiger partial charge in [-0.2, -0.15) is 5.10 Å². The van der Waals surface area contributed by atoms with Gasteiger partial charge in [0.2, 0.25) is 0 Å². The van der Waals surface area contributed by atoms with E-state index in [1.54, 1.807) is 30.9 Å². The normalized spacial score (nSPS) is 10.8. The Kier molecular flexibility index (Phi) is 3.50. The second kappa shape index (κ2) is 5.48. The van der Waals surface area contributed by atoms with E-state index < -0.39 is 0 Å². The number of aromatic amines is 1. The van der Waals surface area contributed by atoms with Crippen molar-refractivity contribution in [1.82, 2.24) is 14.8 Å². The quantitative estimate of drug-likeness (QED) is 0.593. The molecule has 0 spiro atoms. The van der Waals surface area contributed by atoms with Crippen LogP contribution in [0.3, 0.4) is 0 Å². The van der Waals surface area contributed by atoms with Crippen LogP contribution in [-0.2, 0) is 4.74 Å². The zero-order chi connectivity index (χ0) is 15.7. The van der Waals surface area contributed by atoms with Gasteiger partial charge in [-0.1, -0.05) is 0 Å². The van der Waals surface area contributed by atoms with Crippen LogP contribution in [0.5, 0.6) is 0 Å². The highest BCUT2D eigenvalue weighted by molar-refractivity contribution is 5.98. The van der Waals surface area contributed by atoms with Crippen molar-refractivity contribution in [3.05, 3.63) is 47.4 Å². The van der Waals surface area contributed by atoms with Gasteiger partial charge in [0, 0.05) is 28.9 Å². The van der Waals surface area contributed by atoms with Crippen molar-refractivity contribution >= 4 is 23.2 Å². The Hall–Kier alpha value is -2.89. The number of fused-ring (bicyclic) bond motifs is 1. The highest BCUT2D eigenvalue weighted by Gasteiger charge is 2.15. The molecule has 6 nitrogen and oxygen atoms in total. The van der Waals surface area contributed by atoms with Crippen molar-refractivity contribution in [3.63, 3.8) is 0 Å². The van der Waals surface area contributed by atoms with Gasteiger partial charge in [-0.05, 0) is 32.0 Å². The molecule has 1 N–H and O–H groups in total. The number of ether oxygens (including phenoxy) is 1. The lowest BCUT2D eigenvalue weighted by Crippen LogP contribution is -2.04. The standard InChI is InChI=1S/C16H15N3O3/c1-3-22-16(21)14-8-19(18-10(14)2)12-4-5-15-13(6-12)11(9-20)7-17-15/h4-9,17H,3H2,1-2H3. The van der Waals surface area contributed by atoms with E-state index in [1.165, 1.54) is 0 Å². The van der Waals surface area contributed by atoms with Crippen molar-refractivity contribution in [3.8, 4) is 5.69 Å². The number of carbonyl (C=O) groups excluding carboxylic acids is 2. The molecule has 0 atom stereocenters. The van der Waals surface area contributed by atoms with E-state index in [9.17, 15) is 9.59 Å². The third-order valence-corrected chi connectivity index (χ3v) is 3.48. The predicted molar refractivity (Wildman–Crippen MR) is 81.5 cm³/mol. The van der Waals surface area contributed by atoms with Gasteiger partial charge in [-0.3, -0.25) is 4.79 Å². The van der Waals surface area contributed by atoms with E-state index in [4.69, 9.17) is 4.74 Å². The first kappa shape index (κ1) is 14.1. The molecule has 0 aliphatic heterocycles. The van der Waals surface area contributed by atoms with Crippen molar-refractivity contribution in [2.75, 3.05) is 6.61 Å². The van der Waals surface area contributed by atoms with Gasteiger partial charge >= 0.3 is 5.97 Å². The largest absolute Gasteiger partial charge is 0.462 e. The summed E-state index contributed by atoms with van der Waals surface area (Å²) in [6.07, 6.45) is 4.11. The fourth-order valence-electron chi connectivity index (χ4n) is 2.37. The molecule has 0 unspecified atom stereocenters. The number of aldehydes is 1. The van der Waals surface area contributed by atoms with Crippen LogP contribution in [0.25, 0.3) is 16.6 Å². The van der Waals surface area contributed by atoms with Crippen LogP contribution >= 0.6 is 0 Å². The minimum atomic E-state index is -0.387. The number of nitrogens with one attached hydrogen (secondary N) is 1. The number of aryl methyl sites for hydroxylation is 1. The molecule has 3 aromatic rings. The van der Waals surface area contributed by atoms with Crippen LogP contribution in [0.1, 0.15) is 33.3 Å². The maximum atomic E-state index is 11.9. The van der Waals surface area contributed by atoms with E-state index in [1.807, 2.05) is 18.2 Å². The molecule has 0 aliphatic rings. The third kappa shape index (κ3) is 2.28. The van der Waals surface area contributed by atoms with Crippen LogP contribution in [0.4, 0.5) is 0 Å². The van der Waals surface area contributed by atoms with Crippen LogP contribution in [-0.4, -0.2) is 33.6 Å². The van der Waals surface area contributed by atoms with Crippen molar-refractivity contribution in [2.45, 2.75) is 13.8 Å². The van der Waals surface area contributed by atoms with E-state index in [0.29, 0.717) is 23.4 Å². The molecule has 0 radical (unpaired) electrons. The average molecular weight is 297 g/mol. The number of carbonyl (C=O) groups is 2. The summed E-state index contributed by atoms with van der Waals surface area (Å²) < 4.78 is 6.62. The molecular formula is C16H15N3O3. The van der Waals surface area contributed by atoms with E-state index in [2.05, 4.69) is 10.1 Å². The Morgan fingerprint density at radius 2 is 2.27 bits per heavy atom. The topological polar surface area (TPSA) is 77.0 Å². The molecule has 1 aromatic carbocycles. The molecule has 0 fully saturated rings. The molecule has 22 heavy (non-hydrogen) atoms. The lowest BCUT2D eigenvalue weighted by Gasteiger charge is -2.01. The third-order valence-electron chi connectivity index (χ3n) is 3.48. The summed E-state index contributed by atoms with van der Waals surface area (Å²) in [5, 5.41) is 5.17. The van der Waals surface area contributed by atoms with Crippen molar-refractivity contribution < 1.29 is 14.3 Å². The van der Waals surface area contributed by atoms with Gasteiger partial charge < -0.3 is 9.72 Å². The zero-order valence-electron chi connectivity index (χ0n) is 12.3. The lowest BCUT2D eigenvalue weighted by molar-refractivity contribution is 0.0525. The Morgan fingerprint density at radius 1 is 1.45 bits per heavy atom. The van der Waals surface area contributed by atoms with E-state index in [-0.39, 0.29) is 5.97 Å². The molecule has 6 heteroatoms. The first-order valence-corrected chi connectivity index (χ1v) is 6.94. The van der Waals surface area contributed by atoms with Crippen LogP contribution in [0.2, 0.25) is 0 Å². The molecule has 2 heterocycles. The summed E-state index contributed by atoms with van der Waals surface area (Å²) in [7, 11) is 0. The van der Waals surface area contributed by atoms with Gasteiger partial charge in [0.1, 0.15) is 5.56 Å². The van der Waals surface area contributed by atoms with Crippen molar-refractivity contribution in [2.24, 2.45) is 0 Å². The highest BCUT2D eigenvalue weighted by atomic mass is 16.5. The number of rotatable bonds is 4. The number of hydrogen-bond donors (Lipinski definition) is 1. The van der Waals surface area contributed by atoms with Gasteiger partial charge in [-0.15, -0.1) is 0 Å². The number of H-pyrrole nitrogens is 1. The fourth-order valence-corrected chi connectivity index (χ4v) is 2.37. The van der Waals surface area contributed by atoms with Gasteiger partial charge in [-0.25, -0.2) is 9.48 Å². The monoisotopic (exact) mass is 297 g/mol. The van der Waals surface area contributed by atoms with E-state index >= 15 is 0 Å². The first-order valence-electron chi connectivity index (χ1n) is 6.94. The summed E-state index contributed by atoms with van der Waals surface area (Å²) in [6.45, 7) is 3.84. The number of benzene rings is 1. The molecule has 0 saturated heterocycles. The molecule has 0 bridgehead atoms. The number of nitrogens with zero attached hydrogens (tertiary/aromatic N) is 2. The number of aromatic nitrogens is 3. The molecular weight excluding hydrogens is 282 g/mol. The number of esters is 1. The summed E-state index contributed by atoms with van der Waals surface area (Å²) in [6, 6.07) is 5.60. The van der Waals surface area contributed by atoms with Gasteiger partial charge in [0.05, 0.1) is 18.0 Å². The van der Waals surface area contributed by atoms with Gasteiger partial charge in [0.15, 0.2) is 6.29 Å². The zero-order valence-corrected chi connectivity index (χ0v) is 12.3. The lowest BCUT2D eigenvalue weighted by atomic mass is 10.1. The van der Waals surface area contributed by atoms with Crippen LogP contribution in [0.15, 0.2) is 30.6 Å². The smallest absolute Gasteiger partial charge is 0.341 e. The molecule has 112 valence electrons. The molecule has 2 aromatic heterocycles. The number of hydrogen-bond acceptors (Lipinski definition) is 4.